The van der Waals surface area contributed by atoms with Crippen molar-refractivity contribution in [1.29, 1.82) is 0 Å². The van der Waals surface area contributed by atoms with Crippen LogP contribution in [0.4, 0.5) is 0 Å². The third kappa shape index (κ3) is 3.87. The smallest absolute Gasteiger partial charge is 0.122 e. The van der Waals surface area contributed by atoms with Crippen molar-refractivity contribution < 1.29 is 14.2 Å². The van der Waals surface area contributed by atoms with Crippen LogP contribution in [-0.4, -0.2) is 34.0 Å². The van der Waals surface area contributed by atoms with Crippen molar-refractivity contribution in [2.24, 2.45) is 5.92 Å². The summed E-state index contributed by atoms with van der Waals surface area (Å²) in [6.07, 6.45) is 2.24. The minimum atomic E-state index is 0.315. The molecule has 2 rings (SSSR count). The van der Waals surface area contributed by atoms with Gasteiger partial charge in [0.15, 0.2) is 0 Å². The van der Waals surface area contributed by atoms with Crippen LogP contribution in [0.15, 0.2) is 18.2 Å². The Morgan fingerprint density at radius 2 is 1.95 bits per heavy atom. The van der Waals surface area contributed by atoms with E-state index in [2.05, 4.69) is 24.4 Å². The lowest BCUT2D eigenvalue weighted by Crippen LogP contribution is -2.23. The fraction of sp³-hybridized carbons (Fsp3) is 0.625. The van der Waals surface area contributed by atoms with Crippen molar-refractivity contribution in [3.8, 4) is 11.5 Å². The van der Waals surface area contributed by atoms with Crippen LogP contribution in [0.25, 0.3) is 0 Å². The monoisotopic (exact) mass is 279 g/mol. The average molecular weight is 279 g/mol. The zero-order chi connectivity index (χ0) is 14.4. The summed E-state index contributed by atoms with van der Waals surface area (Å²) in [4.78, 5) is 0. The van der Waals surface area contributed by atoms with Gasteiger partial charge in [0.05, 0.1) is 14.2 Å². The molecule has 2 unspecified atom stereocenters. The topological polar surface area (TPSA) is 39.7 Å². The Hall–Kier alpha value is -1.26. The summed E-state index contributed by atoms with van der Waals surface area (Å²) in [5, 5.41) is 3.56. The van der Waals surface area contributed by atoms with Crippen molar-refractivity contribution in [3.63, 3.8) is 0 Å². The summed E-state index contributed by atoms with van der Waals surface area (Å²) in [6.45, 7) is 4.85. The van der Waals surface area contributed by atoms with Gasteiger partial charge in [-0.25, -0.2) is 0 Å². The third-order valence-corrected chi connectivity index (χ3v) is 3.82. The fourth-order valence-electron chi connectivity index (χ4n) is 2.72. The molecule has 0 radical (unpaired) electrons. The molecule has 1 N–H and O–H groups in total. The first kappa shape index (κ1) is 15.1. The first-order valence-electron chi connectivity index (χ1n) is 7.31. The van der Waals surface area contributed by atoms with E-state index in [0.29, 0.717) is 12.0 Å². The predicted molar refractivity (Wildman–Crippen MR) is 79.5 cm³/mol. The highest BCUT2D eigenvalue weighted by Gasteiger charge is 2.22. The molecule has 20 heavy (non-hydrogen) atoms. The average Bonchev–Trinajstić information content (AvgIpc) is 2.99. The molecule has 1 saturated heterocycles. The molecule has 0 amide bonds. The molecule has 0 saturated carbocycles. The molecule has 1 fully saturated rings. The maximum Gasteiger partial charge on any atom is 0.122 e. The van der Waals surface area contributed by atoms with Crippen LogP contribution in [-0.2, 0) is 4.74 Å². The summed E-state index contributed by atoms with van der Waals surface area (Å²) < 4.78 is 16.2. The van der Waals surface area contributed by atoms with Crippen LogP contribution >= 0.6 is 0 Å². The molecule has 0 bridgehead atoms. The number of rotatable bonds is 7. The van der Waals surface area contributed by atoms with Crippen molar-refractivity contribution in [3.05, 3.63) is 23.8 Å². The minimum absolute atomic E-state index is 0.315. The molecular weight excluding hydrogens is 254 g/mol. The van der Waals surface area contributed by atoms with E-state index >= 15 is 0 Å². The highest BCUT2D eigenvalue weighted by atomic mass is 16.5. The van der Waals surface area contributed by atoms with Gasteiger partial charge >= 0.3 is 0 Å². The van der Waals surface area contributed by atoms with E-state index in [9.17, 15) is 0 Å². The van der Waals surface area contributed by atoms with E-state index in [-0.39, 0.29) is 0 Å². The number of hydrogen-bond acceptors (Lipinski definition) is 4. The standard InChI is InChI=1S/C16H25NO3/c1-4-17-16(7-12-5-6-20-11-12)13-8-14(18-2)10-15(9-13)19-3/h8-10,12,16-17H,4-7,11H2,1-3H3. The van der Waals surface area contributed by atoms with E-state index in [1.54, 1.807) is 14.2 Å². The molecule has 1 aliphatic rings. The lowest BCUT2D eigenvalue weighted by molar-refractivity contribution is 0.181. The molecule has 112 valence electrons. The molecule has 0 aliphatic carbocycles. The van der Waals surface area contributed by atoms with Crippen molar-refractivity contribution in [2.45, 2.75) is 25.8 Å². The lowest BCUT2D eigenvalue weighted by atomic mass is 9.94. The normalized spacial score (nSPS) is 19.9. The number of ether oxygens (including phenoxy) is 3. The summed E-state index contributed by atoms with van der Waals surface area (Å²) in [5.41, 5.74) is 1.22. The third-order valence-electron chi connectivity index (χ3n) is 3.82. The van der Waals surface area contributed by atoms with Gasteiger partial charge in [0.2, 0.25) is 0 Å². The molecule has 4 nitrogen and oxygen atoms in total. The van der Waals surface area contributed by atoms with Gasteiger partial charge in [-0.05, 0) is 43.0 Å². The highest BCUT2D eigenvalue weighted by Crippen LogP contribution is 2.31. The molecule has 1 aromatic carbocycles. The number of benzene rings is 1. The van der Waals surface area contributed by atoms with Gasteiger partial charge in [-0.2, -0.15) is 0 Å². The SMILES string of the molecule is CCNC(CC1CCOC1)c1cc(OC)cc(OC)c1. The second-order valence-corrected chi connectivity index (χ2v) is 5.22. The first-order chi connectivity index (χ1) is 9.76. The Labute approximate surface area is 121 Å². The van der Waals surface area contributed by atoms with E-state index in [1.165, 1.54) is 5.56 Å². The second-order valence-electron chi connectivity index (χ2n) is 5.22. The van der Waals surface area contributed by atoms with E-state index in [4.69, 9.17) is 14.2 Å². The molecule has 1 aliphatic heterocycles. The van der Waals surface area contributed by atoms with E-state index < -0.39 is 0 Å². The van der Waals surface area contributed by atoms with Gasteiger partial charge in [0, 0.05) is 25.3 Å². The summed E-state index contributed by atoms with van der Waals surface area (Å²) in [5.74, 6) is 2.31. The quantitative estimate of drug-likeness (QED) is 0.833. The summed E-state index contributed by atoms with van der Waals surface area (Å²) >= 11 is 0. The molecule has 2 atom stereocenters. The largest absolute Gasteiger partial charge is 0.497 e. The molecule has 0 spiro atoms. The first-order valence-corrected chi connectivity index (χ1v) is 7.31. The second kappa shape index (κ2) is 7.50. The zero-order valence-corrected chi connectivity index (χ0v) is 12.6. The lowest BCUT2D eigenvalue weighted by Gasteiger charge is -2.22. The number of hydrogen-bond donors (Lipinski definition) is 1. The Balaban J connectivity index is 2.17. The summed E-state index contributed by atoms with van der Waals surface area (Å²) in [7, 11) is 3.37. The van der Waals surface area contributed by atoms with Crippen LogP contribution in [0.2, 0.25) is 0 Å². The van der Waals surface area contributed by atoms with Gasteiger partial charge in [0.25, 0.3) is 0 Å². The van der Waals surface area contributed by atoms with Gasteiger partial charge in [-0.15, -0.1) is 0 Å². The molecular formula is C16H25NO3. The highest BCUT2D eigenvalue weighted by molar-refractivity contribution is 5.39. The van der Waals surface area contributed by atoms with Crippen LogP contribution in [0.1, 0.15) is 31.4 Å². The Morgan fingerprint density at radius 3 is 2.45 bits per heavy atom. The molecule has 0 aromatic heterocycles. The maximum atomic E-state index is 5.48. The van der Waals surface area contributed by atoms with Gasteiger partial charge in [-0.1, -0.05) is 6.92 Å². The van der Waals surface area contributed by atoms with E-state index in [1.807, 2.05) is 6.07 Å². The number of methoxy groups -OCH3 is 2. The van der Waals surface area contributed by atoms with Gasteiger partial charge < -0.3 is 19.5 Å². The van der Waals surface area contributed by atoms with Crippen molar-refractivity contribution in [1.82, 2.24) is 5.32 Å². The summed E-state index contributed by atoms with van der Waals surface area (Å²) in [6, 6.07) is 6.40. The zero-order valence-electron chi connectivity index (χ0n) is 12.6. The van der Waals surface area contributed by atoms with Crippen LogP contribution in [0.5, 0.6) is 11.5 Å². The fourth-order valence-corrected chi connectivity index (χ4v) is 2.72. The Kier molecular flexibility index (Phi) is 5.68. The number of nitrogens with one attached hydrogen (secondary N) is 1. The van der Waals surface area contributed by atoms with E-state index in [0.717, 1.165) is 44.1 Å². The van der Waals surface area contributed by atoms with Crippen LogP contribution < -0.4 is 14.8 Å². The van der Waals surface area contributed by atoms with Crippen molar-refractivity contribution >= 4 is 0 Å². The predicted octanol–water partition coefficient (Wildman–Crippen LogP) is 2.78. The Morgan fingerprint density at radius 1 is 1.25 bits per heavy atom. The Bertz CT molecular complexity index is 394. The van der Waals surface area contributed by atoms with Crippen LogP contribution in [0, 0.1) is 5.92 Å². The van der Waals surface area contributed by atoms with Gasteiger partial charge in [0.1, 0.15) is 11.5 Å². The molecule has 1 heterocycles. The van der Waals surface area contributed by atoms with Crippen LogP contribution in [0.3, 0.4) is 0 Å². The van der Waals surface area contributed by atoms with Crippen molar-refractivity contribution in [2.75, 3.05) is 34.0 Å². The van der Waals surface area contributed by atoms with Gasteiger partial charge in [-0.3, -0.25) is 0 Å². The maximum absolute atomic E-state index is 5.48. The minimum Gasteiger partial charge on any atom is -0.497 e. The molecule has 4 heteroatoms. The molecule has 1 aromatic rings.